The number of ether oxygens (including phenoxy) is 1. The van der Waals surface area contributed by atoms with Crippen molar-refractivity contribution in [1.29, 1.82) is 0 Å². The summed E-state index contributed by atoms with van der Waals surface area (Å²) < 4.78 is 8.86. The topological polar surface area (TPSA) is 100 Å². The Morgan fingerprint density at radius 3 is 2.52 bits per heavy atom. The fourth-order valence-corrected chi connectivity index (χ4v) is 2.87. The van der Waals surface area contributed by atoms with E-state index in [-0.39, 0.29) is 23.6 Å². The first-order chi connectivity index (χ1) is 12.9. The van der Waals surface area contributed by atoms with Gasteiger partial charge in [-0.2, -0.15) is 0 Å². The molecule has 0 fully saturated rings. The highest BCUT2D eigenvalue weighted by atomic mass is 16.5. The van der Waals surface area contributed by atoms with Gasteiger partial charge in [-0.05, 0) is 24.1 Å². The number of fused-ring (bicyclic) bond motifs is 1. The van der Waals surface area contributed by atoms with Crippen molar-refractivity contribution in [3.8, 4) is 5.75 Å². The maximum atomic E-state index is 12.4. The van der Waals surface area contributed by atoms with Crippen molar-refractivity contribution in [1.82, 2.24) is 24.0 Å². The second-order valence-electron chi connectivity index (χ2n) is 6.20. The van der Waals surface area contributed by atoms with E-state index < -0.39 is 11.2 Å². The van der Waals surface area contributed by atoms with Gasteiger partial charge in [-0.25, -0.2) is 9.78 Å². The zero-order valence-corrected chi connectivity index (χ0v) is 15.4. The van der Waals surface area contributed by atoms with Gasteiger partial charge < -0.3 is 14.6 Å². The van der Waals surface area contributed by atoms with E-state index in [4.69, 9.17) is 4.74 Å². The van der Waals surface area contributed by atoms with E-state index in [1.54, 1.807) is 7.11 Å². The maximum absolute atomic E-state index is 12.4. The molecule has 9 nitrogen and oxygen atoms in total. The number of benzene rings is 1. The molecule has 1 aromatic carbocycles. The second-order valence-corrected chi connectivity index (χ2v) is 6.20. The van der Waals surface area contributed by atoms with Gasteiger partial charge in [-0.3, -0.25) is 18.7 Å². The van der Waals surface area contributed by atoms with Gasteiger partial charge >= 0.3 is 5.69 Å². The number of amides is 1. The van der Waals surface area contributed by atoms with E-state index in [0.29, 0.717) is 13.0 Å². The van der Waals surface area contributed by atoms with Crippen molar-refractivity contribution in [3.05, 3.63) is 57.0 Å². The van der Waals surface area contributed by atoms with Crippen molar-refractivity contribution in [2.24, 2.45) is 14.1 Å². The molecule has 1 N–H and O–H groups in total. The van der Waals surface area contributed by atoms with E-state index in [1.165, 1.54) is 29.6 Å². The van der Waals surface area contributed by atoms with Crippen molar-refractivity contribution >= 4 is 17.1 Å². The summed E-state index contributed by atoms with van der Waals surface area (Å²) in [5.74, 6) is 0.546. The van der Waals surface area contributed by atoms with Crippen molar-refractivity contribution < 1.29 is 9.53 Å². The zero-order valence-electron chi connectivity index (χ0n) is 15.4. The number of nitrogens with one attached hydrogen (secondary N) is 1. The molecule has 0 unspecified atom stereocenters. The Balaban J connectivity index is 1.67. The molecule has 0 radical (unpaired) electrons. The predicted octanol–water partition coefficient (Wildman–Crippen LogP) is -0.199. The molecule has 3 aromatic rings. The van der Waals surface area contributed by atoms with Crippen LogP contribution in [0, 0.1) is 0 Å². The molecule has 2 aromatic heterocycles. The summed E-state index contributed by atoms with van der Waals surface area (Å²) in [4.78, 5) is 40.6. The molecule has 3 rings (SSSR count). The SMILES string of the molecule is COc1ccc(CCNC(=O)Cn2cnc3c2c(=O)n(C)c(=O)n3C)cc1. The lowest BCUT2D eigenvalue weighted by Crippen LogP contribution is -2.38. The van der Waals surface area contributed by atoms with Crippen LogP contribution in [0.1, 0.15) is 5.56 Å². The van der Waals surface area contributed by atoms with Crippen LogP contribution >= 0.6 is 0 Å². The number of hydrogen-bond acceptors (Lipinski definition) is 5. The minimum Gasteiger partial charge on any atom is -0.497 e. The minimum atomic E-state index is -0.475. The third kappa shape index (κ3) is 3.62. The van der Waals surface area contributed by atoms with E-state index in [2.05, 4.69) is 10.3 Å². The Labute approximate surface area is 154 Å². The zero-order chi connectivity index (χ0) is 19.6. The average molecular weight is 371 g/mol. The van der Waals surface area contributed by atoms with E-state index in [1.807, 2.05) is 24.3 Å². The summed E-state index contributed by atoms with van der Waals surface area (Å²) >= 11 is 0. The summed E-state index contributed by atoms with van der Waals surface area (Å²) in [5.41, 5.74) is 0.630. The van der Waals surface area contributed by atoms with Gasteiger partial charge in [0.05, 0.1) is 13.4 Å². The van der Waals surface area contributed by atoms with Gasteiger partial charge in [0.1, 0.15) is 12.3 Å². The largest absolute Gasteiger partial charge is 0.497 e. The van der Waals surface area contributed by atoms with Crippen LogP contribution in [0.15, 0.2) is 40.2 Å². The molecule has 27 heavy (non-hydrogen) atoms. The standard InChI is InChI=1S/C18H21N5O4/c1-21-16-15(17(25)22(2)18(21)26)23(11-20-16)10-14(24)19-9-8-12-4-6-13(27-3)7-5-12/h4-7,11H,8-10H2,1-3H3,(H,19,24). The van der Waals surface area contributed by atoms with Crippen LogP contribution in [0.4, 0.5) is 0 Å². The van der Waals surface area contributed by atoms with Gasteiger partial charge in [-0.1, -0.05) is 12.1 Å². The molecule has 0 aliphatic heterocycles. The highest BCUT2D eigenvalue weighted by Gasteiger charge is 2.15. The third-order valence-electron chi connectivity index (χ3n) is 4.43. The number of aryl methyl sites for hydroxylation is 1. The monoisotopic (exact) mass is 371 g/mol. The normalized spacial score (nSPS) is 10.9. The number of rotatable bonds is 6. The summed E-state index contributed by atoms with van der Waals surface area (Å²) in [7, 11) is 4.55. The highest BCUT2D eigenvalue weighted by molar-refractivity contribution is 5.78. The van der Waals surface area contributed by atoms with Crippen molar-refractivity contribution in [3.63, 3.8) is 0 Å². The van der Waals surface area contributed by atoms with Crippen molar-refractivity contribution in [2.75, 3.05) is 13.7 Å². The highest BCUT2D eigenvalue weighted by Crippen LogP contribution is 2.11. The number of carbonyl (C=O) groups excluding carboxylic acids is 1. The average Bonchev–Trinajstić information content (AvgIpc) is 3.08. The lowest BCUT2D eigenvalue weighted by atomic mass is 10.1. The second kappa shape index (κ2) is 7.48. The molecule has 142 valence electrons. The van der Waals surface area contributed by atoms with Crippen LogP contribution in [-0.4, -0.2) is 38.2 Å². The van der Waals surface area contributed by atoms with E-state index in [0.717, 1.165) is 15.9 Å². The third-order valence-corrected chi connectivity index (χ3v) is 4.43. The summed E-state index contributed by atoms with van der Waals surface area (Å²) in [6.45, 7) is 0.418. The molecule has 0 spiro atoms. The molecular weight excluding hydrogens is 350 g/mol. The Hall–Kier alpha value is -3.36. The Bertz CT molecular complexity index is 1090. The van der Waals surface area contributed by atoms with Crippen LogP contribution in [0.5, 0.6) is 5.75 Å². The van der Waals surface area contributed by atoms with Gasteiger partial charge in [-0.15, -0.1) is 0 Å². The van der Waals surface area contributed by atoms with Crippen LogP contribution in [0.25, 0.3) is 11.2 Å². The number of carbonyl (C=O) groups is 1. The molecule has 0 saturated carbocycles. The molecule has 9 heteroatoms. The molecule has 0 aliphatic rings. The fourth-order valence-electron chi connectivity index (χ4n) is 2.87. The first-order valence-electron chi connectivity index (χ1n) is 8.43. The summed E-state index contributed by atoms with van der Waals surface area (Å²) in [6.07, 6.45) is 2.07. The number of methoxy groups -OCH3 is 1. The van der Waals surface area contributed by atoms with Crippen molar-refractivity contribution in [2.45, 2.75) is 13.0 Å². The summed E-state index contributed by atoms with van der Waals surface area (Å²) in [6, 6.07) is 7.63. The molecule has 2 heterocycles. The molecule has 0 saturated heterocycles. The molecule has 1 amide bonds. The molecular formula is C18H21N5O4. The maximum Gasteiger partial charge on any atom is 0.332 e. The smallest absolute Gasteiger partial charge is 0.332 e. The van der Waals surface area contributed by atoms with Gasteiger partial charge in [0.25, 0.3) is 5.56 Å². The predicted molar refractivity (Wildman–Crippen MR) is 99.9 cm³/mol. The number of hydrogen-bond donors (Lipinski definition) is 1. The first kappa shape index (κ1) is 18.4. The van der Waals surface area contributed by atoms with Gasteiger partial charge in [0.2, 0.25) is 5.91 Å². The fraction of sp³-hybridized carbons (Fsp3) is 0.333. The first-order valence-corrected chi connectivity index (χ1v) is 8.43. The molecule has 0 bridgehead atoms. The number of aromatic nitrogens is 4. The lowest BCUT2D eigenvalue weighted by molar-refractivity contribution is -0.121. The van der Waals surface area contributed by atoms with Gasteiger partial charge in [0.15, 0.2) is 11.2 Å². The van der Waals surface area contributed by atoms with Crippen LogP contribution in [-0.2, 0) is 31.9 Å². The van der Waals surface area contributed by atoms with Gasteiger partial charge in [0, 0.05) is 20.6 Å². The molecule has 0 aliphatic carbocycles. The Kier molecular flexibility index (Phi) is 5.11. The molecule has 0 atom stereocenters. The quantitative estimate of drug-likeness (QED) is 0.647. The Morgan fingerprint density at radius 1 is 1.15 bits per heavy atom. The van der Waals surface area contributed by atoms with Crippen LogP contribution < -0.4 is 21.3 Å². The summed E-state index contributed by atoms with van der Waals surface area (Å²) in [5, 5.41) is 2.83. The number of imidazole rings is 1. The van der Waals surface area contributed by atoms with Crippen LogP contribution in [0.3, 0.4) is 0 Å². The number of nitrogens with zero attached hydrogens (tertiary/aromatic N) is 4. The Morgan fingerprint density at radius 2 is 1.85 bits per heavy atom. The van der Waals surface area contributed by atoms with Crippen LogP contribution in [0.2, 0.25) is 0 Å². The van der Waals surface area contributed by atoms with E-state index >= 15 is 0 Å². The minimum absolute atomic E-state index is 0.0491. The lowest BCUT2D eigenvalue weighted by Gasteiger charge is -2.08. The van der Waals surface area contributed by atoms with E-state index in [9.17, 15) is 14.4 Å².